The number of anilines is 1. The van der Waals surface area contributed by atoms with Crippen LogP contribution < -0.4 is 4.90 Å². The van der Waals surface area contributed by atoms with E-state index in [4.69, 9.17) is 5.11 Å². The van der Waals surface area contributed by atoms with Crippen LogP contribution in [-0.4, -0.2) is 23.2 Å². The monoisotopic (exact) mass is 233 g/mol. The van der Waals surface area contributed by atoms with E-state index in [1.165, 1.54) is 5.56 Å². The molecule has 92 valence electrons. The maximum absolute atomic E-state index is 11.1. The van der Waals surface area contributed by atoms with Gasteiger partial charge in [-0.1, -0.05) is 12.1 Å². The zero-order valence-corrected chi connectivity index (χ0v) is 10.6. The highest BCUT2D eigenvalue weighted by Crippen LogP contribution is 2.37. The second kappa shape index (κ2) is 4.06. The molecule has 1 aliphatic heterocycles. The van der Waals surface area contributed by atoms with Crippen molar-refractivity contribution in [2.75, 3.05) is 11.4 Å². The Hall–Kier alpha value is -1.51. The van der Waals surface area contributed by atoms with Crippen molar-refractivity contribution in [3.05, 3.63) is 29.8 Å². The largest absolute Gasteiger partial charge is 0.481 e. The average molecular weight is 233 g/mol. The van der Waals surface area contributed by atoms with E-state index >= 15 is 0 Å². The lowest BCUT2D eigenvalue weighted by Crippen LogP contribution is -2.38. The highest BCUT2D eigenvalue weighted by Gasteiger charge is 2.41. The number of aryl methyl sites for hydroxylation is 1. The van der Waals surface area contributed by atoms with E-state index in [1.54, 1.807) is 0 Å². The smallest absolute Gasteiger partial charge is 0.308 e. The van der Waals surface area contributed by atoms with E-state index in [-0.39, 0.29) is 11.5 Å². The molecule has 1 N–H and O–H groups in total. The summed E-state index contributed by atoms with van der Waals surface area (Å²) in [4.78, 5) is 13.3. The number of hydrogen-bond acceptors (Lipinski definition) is 2. The Labute approximate surface area is 102 Å². The topological polar surface area (TPSA) is 40.5 Å². The minimum absolute atomic E-state index is 0.0865. The van der Waals surface area contributed by atoms with Gasteiger partial charge in [0.05, 0.1) is 5.92 Å². The molecule has 1 atom stereocenters. The van der Waals surface area contributed by atoms with Gasteiger partial charge in [0, 0.05) is 17.8 Å². The van der Waals surface area contributed by atoms with E-state index in [1.807, 2.05) is 6.07 Å². The first-order valence-corrected chi connectivity index (χ1v) is 5.97. The normalized spacial score (nSPS) is 22.8. The zero-order chi connectivity index (χ0) is 12.6. The maximum Gasteiger partial charge on any atom is 0.308 e. The van der Waals surface area contributed by atoms with Crippen molar-refractivity contribution in [2.24, 2.45) is 5.92 Å². The summed E-state index contributed by atoms with van der Waals surface area (Å²) < 4.78 is 0. The maximum atomic E-state index is 11.1. The summed E-state index contributed by atoms with van der Waals surface area (Å²) in [6.07, 6.45) is 0.705. The van der Waals surface area contributed by atoms with Crippen molar-refractivity contribution in [1.29, 1.82) is 0 Å². The fourth-order valence-corrected chi connectivity index (χ4v) is 2.66. The first-order chi connectivity index (χ1) is 7.90. The Morgan fingerprint density at radius 3 is 2.71 bits per heavy atom. The molecule has 1 unspecified atom stereocenters. The second-order valence-electron chi connectivity index (χ2n) is 5.50. The van der Waals surface area contributed by atoms with Crippen LogP contribution in [0.5, 0.6) is 0 Å². The molecular weight excluding hydrogens is 214 g/mol. The van der Waals surface area contributed by atoms with Gasteiger partial charge in [-0.05, 0) is 44.9 Å². The fraction of sp³-hybridized carbons (Fsp3) is 0.500. The third-order valence-corrected chi connectivity index (χ3v) is 3.54. The van der Waals surface area contributed by atoms with E-state index in [0.717, 1.165) is 5.69 Å². The summed E-state index contributed by atoms with van der Waals surface area (Å²) >= 11 is 0. The predicted octanol–water partition coefficient (Wildman–Crippen LogP) is 2.68. The molecule has 0 bridgehead atoms. The molecule has 0 aliphatic carbocycles. The third kappa shape index (κ3) is 2.28. The molecule has 17 heavy (non-hydrogen) atoms. The van der Waals surface area contributed by atoms with Crippen molar-refractivity contribution >= 4 is 11.7 Å². The van der Waals surface area contributed by atoms with Crippen LogP contribution in [0.2, 0.25) is 0 Å². The van der Waals surface area contributed by atoms with Crippen molar-refractivity contribution in [2.45, 2.75) is 32.7 Å². The van der Waals surface area contributed by atoms with E-state index in [2.05, 4.69) is 43.9 Å². The van der Waals surface area contributed by atoms with Gasteiger partial charge in [-0.15, -0.1) is 0 Å². The number of carboxylic acids is 1. The molecule has 0 spiro atoms. The molecule has 1 aromatic carbocycles. The van der Waals surface area contributed by atoms with E-state index in [0.29, 0.717) is 13.0 Å². The van der Waals surface area contributed by atoms with Crippen LogP contribution in [0.15, 0.2) is 24.3 Å². The fourth-order valence-electron chi connectivity index (χ4n) is 2.66. The third-order valence-electron chi connectivity index (χ3n) is 3.54. The summed E-state index contributed by atoms with van der Waals surface area (Å²) in [5.41, 5.74) is 2.24. The molecule has 3 nitrogen and oxygen atoms in total. The van der Waals surface area contributed by atoms with Gasteiger partial charge in [0.25, 0.3) is 0 Å². The molecule has 0 amide bonds. The number of aliphatic carboxylic acids is 1. The second-order valence-corrected chi connectivity index (χ2v) is 5.50. The Balaban J connectivity index is 2.29. The van der Waals surface area contributed by atoms with Crippen LogP contribution in [0, 0.1) is 12.8 Å². The molecule has 0 aromatic heterocycles. The van der Waals surface area contributed by atoms with Crippen molar-refractivity contribution in [3.8, 4) is 0 Å². The number of carbonyl (C=O) groups is 1. The first-order valence-electron chi connectivity index (χ1n) is 5.97. The molecule has 2 rings (SSSR count). The highest BCUT2D eigenvalue weighted by molar-refractivity contribution is 5.73. The van der Waals surface area contributed by atoms with Gasteiger partial charge in [-0.2, -0.15) is 0 Å². The summed E-state index contributed by atoms with van der Waals surface area (Å²) in [6, 6.07) is 8.25. The lowest BCUT2D eigenvalue weighted by atomic mass is 9.96. The molecule has 1 fully saturated rings. The standard InChI is InChI=1S/C14H19NO2/c1-10-5-4-6-12(7-10)15-9-11(13(16)17)8-14(15,2)3/h4-7,11H,8-9H2,1-3H3,(H,16,17). The molecular formula is C14H19NO2. The quantitative estimate of drug-likeness (QED) is 0.853. The lowest BCUT2D eigenvalue weighted by molar-refractivity contribution is -0.141. The van der Waals surface area contributed by atoms with Gasteiger partial charge in [0.15, 0.2) is 0 Å². The Morgan fingerprint density at radius 2 is 2.18 bits per heavy atom. The molecule has 3 heteroatoms. The number of rotatable bonds is 2. The Kier molecular flexibility index (Phi) is 2.86. The lowest BCUT2D eigenvalue weighted by Gasteiger charge is -2.33. The van der Waals surface area contributed by atoms with Crippen LogP contribution in [-0.2, 0) is 4.79 Å². The van der Waals surface area contributed by atoms with Gasteiger partial charge in [-0.3, -0.25) is 4.79 Å². The van der Waals surface area contributed by atoms with E-state index in [9.17, 15) is 4.79 Å². The average Bonchev–Trinajstić information content (AvgIpc) is 2.54. The molecule has 1 heterocycles. The Morgan fingerprint density at radius 1 is 1.47 bits per heavy atom. The van der Waals surface area contributed by atoms with Gasteiger partial charge < -0.3 is 10.0 Å². The zero-order valence-electron chi connectivity index (χ0n) is 10.6. The van der Waals surface area contributed by atoms with Crippen LogP contribution >= 0.6 is 0 Å². The molecule has 0 saturated carbocycles. The SMILES string of the molecule is Cc1cccc(N2CC(C(=O)O)CC2(C)C)c1. The van der Waals surface area contributed by atoms with Crippen LogP contribution in [0.3, 0.4) is 0 Å². The molecule has 1 aliphatic rings. The summed E-state index contributed by atoms with van der Waals surface area (Å²) in [5, 5.41) is 9.14. The number of nitrogens with zero attached hydrogens (tertiary/aromatic N) is 1. The first kappa shape index (κ1) is 12.0. The minimum atomic E-state index is -0.687. The number of carboxylic acid groups (broad SMARTS) is 1. The summed E-state index contributed by atoms with van der Waals surface area (Å²) in [6.45, 7) is 6.88. The Bertz CT molecular complexity index is 440. The van der Waals surface area contributed by atoms with Gasteiger partial charge in [0.2, 0.25) is 0 Å². The van der Waals surface area contributed by atoms with Crippen molar-refractivity contribution in [1.82, 2.24) is 0 Å². The molecule has 1 saturated heterocycles. The van der Waals surface area contributed by atoms with Crippen LogP contribution in [0.1, 0.15) is 25.8 Å². The highest BCUT2D eigenvalue weighted by atomic mass is 16.4. The number of hydrogen-bond donors (Lipinski definition) is 1. The van der Waals surface area contributed by atoms with Crippen LogP contribution in [0.4, 0.5) is 5.69 Å². The van der Waals surface area contributed by atoms with Crippen molar-refractivity contribution < 1.29 is 9.90 Å². The minimum Gasteiger partial charge on any atom is -0.481 e. The number of benzene rings is 1. The summed E-state index contributed by atoms with van der Waals surface area (Å²) in [7, 11) is 0. The van der Waals surface area contributed by atoms with Crippen molar-refractivity contribution in [3.63, 3.8) is 0 Å². The van der Waals surface area contributed by atoms with E-state index < -0.39 is 5.97 Å². The van der Waals surface area contributed by atoms with Gasteiger partial charge in [0.1, 0.15) is 0 Å². The molecule has 0 radical (unpaired) electrons. The molecule has 1 aromatic rings. The predicted molar refractivity (Wildman–Crippen MR) is 68.3 cm³/mol. The summed E-state index contributed by atoms with van der Waals surface area (Å²) in [5.74, 6) is -0.946. The van der Waals surface area contributed by atoms with Gasteiger partial charge >= 0.3 is 5.97 Å². The van der Waals surface area contributed by atoms with Gasteiger partial charge in [-0.25, -0.2) is 0 Å². The van der Waals surface area contributed by atoms with Crippen LogP contribution in [0.25, 0.3) is 0 Å².